The topological polar surface area (TPSA) is 71.0 Å². The zero-order valence-electron chi connectivity index (χ0n) is 16.8. The molecule has 0 heterocycles. The second-order valence-electron chi connectivity index (χ2n) is 6.57. The molecule has 2 aromatic rings. The summed E-state index contributed by atoms with van der Waals surface area (Å²) in [6.45, 7) is 1.17. The summed E-state index contributed by atoms with van der Waals surface area (Å²) >= 11 is 0. The minimum absolute atomic E-state index is 0.0796. The highest BCUT2D eigenvalue weighted by molar-refractivity contribution is 7.90. The number of para-hydroxylation sites is 1. The smallest absolute Gasteiger partial charge is 0.193 e. The highest BCUT2D eigenvalue weighted by Gasteiger charge is 2.13. The number of sulfone groups is 1. The summed E-state index contributed by atoms with van der Waals surface area (Å²) < 4.78 is 29.9. The number of nitrogens with one attached hydrogen (secondary N) is 1. The molecule has 0 aliphatic heterocycles. The van der Waals surface area contributed by atoms with Crippen LogP contribution in [0.25, 0.3) is 0 Å². The third-order valence-electron chi connectivity index (χ3n) is 4.32. The van der Waals surface area contributed by atoms with Gasteiger partial charge in [0.05, 0.1) is 18.6 Å². The van der Waals surface area contributed by atoms with Crippen LogP contribution in [0.1, 0.15) is 17.5 Å². The number of aliphatic imine (C=N–C) groups is 1. The number of hydrogen-bond donors (Lipinski definition) is 1. The van der Waals surface area contributed by atoms with Crippen molar-refractivity contribution in [3.63, 3.8) is 0 Å². The van der Waals surface area contributed by atoms with Crippen molar-refractivity contribution in [1.29, 1.82) is 0 Å². The van der Waals surface area contributed by atoms with Crippen molar-refractivity contribution < 1.29 is 13.2 Å². The summed E-state index contributed by atoms with van der Waals surface area (Å²) in [5.74, 6) is 1.77. The number of rotatable bonds is 9. The highest BCUT2D eigenvalue weighted by atomic mass is 32.2. The lowest BCUT2D eigenvalue weighted by Crippen LogP contribution is -2.39. The first-order valence-corrected chi connectivity index (χ1v) is 11.1. The van der Waals surface area contributed by atoms with E-state index in [1.807, 2.05) is 66.5 Å². The molecule has 0 aliphatic carbocycles. The molecule has 6 nitrogen and oxygen atoms in total. The molecule has 0 amide bonds. The van der Waals surface area contributed by atoms with Crippen molar-refractivity contribution >= 4 is 15.8 Å². The van der Waals surface area contributed by atoms with Crippen molar-refractivity contribution in [2.45, 2.75) is 18.7 Å². The molecule has 0 saturated carbocycles. The van der Waals surface area contributed by atoms with Gasteiger partial charge in [-0.05, 0) is 18.1 Å². The van der Waals surface area contributed by atoms with Gasteiger partial charge in [0, 0.05) is 32.7 Å². The quantitative estimate of drug-likeness (QED) is 0.396. The third kappa shape index (κ3) is 6.88. The number of benzene rings is 2. The van der Waals surface area contributed by atoms with Crippen LogP contribution in [-0.2, 0) is 22.1 Å². The van der Waals surface area contributed by atoms with E-state index in [1.54, 1.807) is 14.2 Å². The number of ether oxygens (including phenoxy) is 1. The maximum absolute atomic E-state index is 12.3. The lowest BCUT2D eigenvalue weighted by molar-refractivity contribution is 0.396. The summed E-state index contributed by atoms with van der Waals surface area (Å²) in [6, 6.07) is 17.1. The Morgan fingerprint density at radius 1 is 1.11 bits per heavy atom. The Labute approximate surface area is 168 Å². The third-order valence-corrected chi connectivity index (χ3v) is 6.00. The van der Waals surface area contributed by atoms with Crippen molar-refractivity contribution in [2.24, 2.45) is 4.99 Å². The molecule has 0 aliphatic rings. The molecule has 0 aromatic heterocycles. The monoisotopic (exact) mass is 403 g/mol. The Hall–Kier alpha value is -2.54. The van der Waals surface area contributed by atoms with Crippen LogP contribution < -0.4 is 10.1 Å². The maximum Gasteiger partial charge on any atom is 0.193 e. The van der Waals surface area contributed by atoms with Gasteiger partial charge in [-0.15, -0.1) is 0 Å². The molecule has 0 fully saturated rings. The fourth-order valence-corrected chi connectivity index (χ4v) is 4.37. The first kappa shape index (κ1) is 21.8. The number of methoxy groups -OCH3 is 1. The summed E-state index contributed by atoms with van der Waals surface area (Å²) in [7, 11) is 2.18. The van der Waals surface area contributed by atoms with Crippen LogP contribution in [0.5, 0.6) is 5.75 Å². The normalized spacial score (nSPS) is 11.9. The molecule has 2 aromatic carbocycles. The Balaban J connectivity index is 1.81. The first-order chi connectivity index (χ1) is 13.4. The van der Waals surface area contributed by atoms with Gasteiger partial charge in [0.25, 0.3) is 0 Å². The van der Waals surface area contributed by atoms with Crippen molar-refractivity contribution in [3.8, 4) is 5.75 Å². The molecule has 0 unspecified atom stereocenters. The predicted octanol–water partition coefficient (Wildman–Crippen LogP) is 2.71. The molecule has 1 N–H and O–H groups in total. The zero-order valence-corrected chi connectivity index (χ0v) is 17.6. The van der Waals surface area contributed by atoms with Gasteiger partial charge in [-0.25, -0.2) is 8.42 Å². The van der Waals surface area contributed by atoms with E-state index in [0.29, 0.717) is 25.5 Å². The standard InChI is InChI=1S/C21H29N3O3S/c1-22-21(24(2)16-19-12-7-8-13-20(19)27-3)23-14-9-15-28(25,26)17-18-10-5-4-6-11-18/h4-8,10-13H,9,14-17H2,1-3H3,(H,22,23). The molecule has 0 bridgehead atoms. The molecule has 2 rings (SSSR count). The van der Waals surface area contributed by atoms with Crippen molar-refractivity contribution in [3.05, 3.63) is 65.7 Å². The SMILES string of the molecule is CN=C(NCCCS(=O)(=O)Cc1ccccc1)N(C)Cc1ccccc1OC. The van der Waals surface area contributed by atoms with Crippen LogP contribution in [0.3, 0.4) is 0 Å². The van der Waals surface area contributed by atoms with Crippen LogP contribution in [0, 0.1) is 0 Å². The Morgan fingerprint density at radius 3 is 2.46 bits per heavy atom. The van der Waals surface area contributed by atoms with Gasteiger partial charge in [0.2, 0.25) is 0 Å². The summed E-state index contributed by atoms with van der Waals surface area (Å²) in [5.41, 5.74) is 1.88. The predicted molar refractivity (Wildman–Crippen MR) is 114 cm³/mol. The van der Waals surface area contributed by atoms with E-state index in [4.69, 9.17) is 4.74 Å². The van der Waals surface area contributed by atoms with Gasteiger partial charge in [-0.2, -0.15) is 0 Å². The van der Waals surface area contributed by atoms with E-state index >= 15 is 0 Å². The molecule has 28 heavy (non-hydrogen) atoms. The van der Waals surface area contributed by atoms with E-state index in [1.165, 1.54) is 0 Å². The van der Waals surface area contributed by atoms with E-state index < -0.39 is 9.84 Å². The molecule has 0 atom stereocenters. The summed E-state index contributed by atoms with van der Waals surface area (Å²) in [5, 5.41) is 3.23. The maximum atomic E-state index is 12.3. The summed E-state index contributed by atoms with van der Waals surface area (Å²) in [6.07, 6.45) is 0.524. The Kier molecular flexibility index (Phi) is 8.32. The van der Waals surface area contributed by atoms with E-state index in [-0.39, 0.29) is 11.5 Å². The van der Waals surface area contributed by atoms with Crippen LogP contribution in [0.2, 0.25) is 0 Å². The lowest BCUT2D eigenvalue weighted by atomic mass is 10.2. The lowest BCUT2D eigenvalue weighted by Gasteiger charge is -2.23. The van der Waals surface area contributed by atoms with E-state index in [2.05, 4.69) is 10.3 Å². The number of hydrogen-bond acceptors (Lipinski definition) is 4. The number of guanidine groups is 1. The van der Waals surface area contributed by atoms with E-state index in [9.17, 15) is 8.42 Å². The molecule has 7 heteroatoms. The molecular weight excluding hydrogens is 374 g/mol. The van der Waals surface area contributed by atoms with Crippen LogP contribution in [0.15, 0.2) is 59.6 Å². The van der Waals surface area contributed by atoms with Crippen LogP contribution in [-0.4, -0.2) is 52.8 Å². The van der Waals surface area contributed by atoms with Crippen molar-refractivity contribution in [1.82, 2.24) is 10.2 Å². The van der Waals surface area contributed by atoms with Gasteiger partial charge < -0.3 is 15.0 Å². The molecule has 152 valence electrons. The van der Waals surface area contributed by atoms with E-state index in [0.717, 1.165) is 16.9 Å². The fourth-order valence-electron chi connectivity index (χ4n) is 2.94. The average molecular weight is 404 g/mol. The molecule has 0 saturated heterocycles. The van der Waals surface area contributed by atoms with Crippen LogP contribution >= 0.6 is 0 Å². The van der Waals surface area contributed by atoms with Gasteiger partial charge in [0.15, 0.2) is 15.8 Å². The minimum Gasteiger partial charge on any atom is -0.496 e. The molecular formula is C21H29N3O3S. The van der Waals surface area contributed by atoms with Crippen LogP contribution in [0.4, 0.5) is 0 Å². The van der Waals surface area contributed by atoms with Gasteiger partial charge in [-0.3, -0.25) is 4.99 Å². The van der Waals surface area contributed by atoms with Gasteiger partial charge in [-0.1, -0.05) is 48.5 Å². The Morgan fingerprint density at radius 2 is 1.79 bits per heavy atom. The molecule has 0 spiro atoms. The second-order valence-corrected chi connectivity index (χ2v) is 8.76. The average Bonchev–Trinajstić information content (AvgIpc) is 2.68. The van der Waals surface area contributed by atoms with Gasteiger partial charge in [0.1, 0.15) is 5.75 Å². The van der Waals surface area contributed by atoms with Gasteiger partial charge >= 0.3 is 0 Å². The Bertz CT molecular complexity index is 867. The molecule has 0 radical (unpaired) electrons. The zero-order chi connectivity index (χ0) is 20.4. The minimum atomic E-state index is -3.13. The first-order valence-electron chi connectivity index (χ1n) is 9.23. The second kappa shape index (κ2) is 10.7. The van der Waals surface area contributed by atoms with Crippen molar-refractivity contribution in [2.75, 3.05) is 33.5 Å². The largest absolute Gasteiger partial charge is 0.496 e. The fraction of sp³-hybridized carbons (Fsp3) is 0.381. The summed E-state index contributed by atoms with van der Waals surface area (Å²) in [4.78, 5) is 6.27. The highest BCUT2D eigenvalue weighted by Crippen LogP contribution is 2.18. The number of nitrogens with zero attached hydrogens (tertiary/aromatic N) is 2.